The molecule has 208 valence electrons. The number of rotatable bonds is 9. The van der Waals surface area contributed by atoms with E-state index in [9.17, 15) is 19.5 Å². The molecule has 2 aromatic rings. The van der Waals surface area contributed by atoms with Gasteiger partial charge in [0.15, 0.2) is 0 Å². The van der Waals surface area contributed by atoms with Gasteiger partial charge in [-0.2, -0.15) is 0 Å². The highest BCUT2D eigenvalue weighted by Crippen LogP contribution is 2.59. The maximum absolute atomic E-state index is 14.3. The zero-order valence-corrected chi connectivity index (χ0v) is 23.1. The molecule has 8 nitrogen and oxygen atoms in total. The number of nitrogens with zero attached hydrogens (tertiary/aromatic N) is 1. The van der Waals surface area contributed by atoms with E-state index in [0.29, 0.717) is 25.1 Å². The van der Waals surface area contributed by atoms with E-state index in [4.69, 9.17) is 4.74 Å². The van der Waals surface area contributed by atoms with Crippen LogP contribution in [0.3, 0.4) is 0 Å². The Labute approximate surface area is 230 Å². The van der Waals surface area contributed by atoms with Crippen LogP contribution in [0, 0.1) is 31.6 Å². The number of nitrogens with one attached hydrogen (secondary N) is 2. The normalized spacial score (nSPS) is 28.7. The van der Waals surface area contributed by atoms with E-state index in [1.54, 1.807) is 4.90 Å². The predicted molar refractivity (Wildman–Crippen MR) is 148 cm³/mol. The highest BCUT2D eigenvalue weighted by atomic mass is 16.5. The van der Waals surface area contributed by atoms with Crippen LogP contribution in [-0.4, -0.2) is 58.1 Å². The molecule has 3 aliphatic rings. The number of aryl methyl sites for hydroxylation is 2. The van der Waals surface area contributed by atoms with E-state index in [-0.39, 0.29) is 30.2 Å². The molecule has 2 bridgehead atoms. The largest absolute Gasteiger partial charge is 0.394 e. The van der Waals surface area contributed by atoms with Crippen molar-refractivity contribution in [2.45, 2.75) is 77.3 Å². The van der Waals surface area contributed by atoms with Gasteiger partial charge in [0, 0.05) is 12.2 Å². The number of aliphatic hydroxyl groups is 1. The van der Waals surface area contributed by atoms with Crippen LogP contribution < -0.4 is 10.6 Å². The van der Waals surface area contributed by atoms with Crippen molar-refractivity contribution in [2.24, 2.45) is 17.8 Å². The second-order valence-electron chi connectivity index (χ2n) is 11.4. The van der Waals surface area contributed by atoms with Gasteiger partial charge < -0.3 is 25.4 Å². The summed E-state index contributed by atoms with van der Waals surface area (Å²) in [6, 6.07) is 13.9. The molecule has 0 radical (unpaired) electrons. The fraction of sp³-hybridized carbons (Fsp3) is 0.516. The smallest absolute Gasteiger partial charge is 0.250 e. The number of carbonyl (C=O) groups excluding carboxylic acids is 3. The average molecular weight is 534 g/mol. The molecule has 3 amide bonds. The van der Waals surface area contributed by atoms with Gasteiger partial charge in [0.1, 0.15) is 11.6 Å². The van der Waals surface area contributed by atoms with Crippen LogP contribution in [0.15, 0.2) is 48.5 Å². The number of benzene rings is 2. The van der Waals surface area contributed by atoms with Gasteiger partial charge >= 0.3 is 0 Å². The minimum Gasteiger partial charge on any atom is -0.394 e. The van der Waals surface area contributed by atoms with Crippen molar-refractivity contribution in [2.75, 3.05) is 11.9 Å². The van der Waals surface area contributed by atoms with Crippen molar-refractivity contribution < 1.29 is 24.2 Å². The Morgan fingerprint density at radius 2 is 1.79 bits per heavy atom. The van der Waals surface area contributed by atoms with Gasteiger partial charge in [-0.1, -0.05) is 68.8 Å². The van der Waals surface area contributed by atoms with Crippen LogP contribution in [0.1, 0.15) is 49.8 Å². The highest BCUT2D eigenvalue weighted by Gasteiger charge is 2.75. The molecule has 3 saturated heterocycles. The summed E-state index contributed by atoms with van der Waals surface area (Å²) >= 11 is 0. The van der Waals surface area contributed by atoms with E-state index in [2.05, 4.69) is 10.6 Å². The fourth-order valence-corrected chi connectivity index (χ4v) is 6.97. The first-order valence-electron chi connectivity index (χ1n) is 14.0. The van der Waals surface area contributed by atoms with Gasteiger partial charge in [-0.3, -0.25) is 14.4 Å². The predicted octanol–water partition coefficient (Wildman–Crippen LogP) is 3.34. The quantitative estimate of drug-likeness (QED) is 0.458. The van der Waals surface area contributed by atoms with Crippen molar-refractivity contribution in [1.82, 2.24) is 10.2 Å². The first-order chi connectivity index (χ1) is 18.7. The van der Waals surface area contributed by atoms with Crippen LogP contribution >= 0.6 is 0 Å². The van der Waals surface area contributed by atoms with E-state index >= 15 is 0 Å². The number of hydrogen-bond acceptors (Lipinski definition) is 5. The third-order valence-electron chi connectivity index (χ3n) is 9.17. The van der Waals surface area contributed by atoms with E-state index in [1.807, 2.05) is 76.2 Å². The Morgan fingerprint density at radius 3 is 2.44 bits per heavy atom. The molecule has 1 spiro atoms. The number of carbonyl (C=O) groups is 3. The standard InChI is InChI=1S/C31H39N3O5/c1-5-18(2)22(17-35)34-27(29(37)33-26-19(3)10-9-11-20(26)4)31-15-14-23(39-31)24(25(31)30(34)38)28(36)32-16-21-12-7-6-8-13-21/h6-13,18,22-25,27,35H,5,14-17H2,1-4H3,(H,32,36)(H,33,37)/t18-,22-,23-,24+,25-,27?,31?/m0/s1. The van der Waals surface area contributed by atoms with E-state index < -0.39 is 35.6 Å². The summed E-state index contributed by atoms with van der Waals surface area (Å²) in [6.07, 6.45) is 1.41. The lowest BCUT2D eigenvalue weighted by atomic mass is 9.70. The minimum atomic E-state index is -1.11. The molecule has 0 aliphatic carbocycles. The second kappa shape index (κ2) is 10.7. The summed E-state index contributed by atoms with van der Waals surface area (Å²) in [5.41, 5.74) is 2.40. The monoisotopic (exact) mass is 533 g/mol. The second-order valence-corrected chi connectivity index (χ2v) is 11.4. The van der Waals surface area contributed by atoms with Gasteiger partial charge in [0.05, 0.1) is 30.6 Å². The Hall–Kier alpha value is -3.23. The summed E-state index contributed by atoms with van der Waals surface area (Å²) in [7, 11) is 0. The summed E-state index contributed by atoms with van der Waals surface area (Å²) in [5, 5.41) is 16.6. The number of fused-ring (bicyclic) bond motifs is 1. The topological polar surface area (TPSA) is 108 Å². The minimum absolute atomic E-state index is 0.0489. The lowest BCUT2D eigenvalue weighted by Crippen LogP contribution is -2.57. The molecule has 7 atom stereocenters. The van der Waals surface area contributed by atoms with Crippen molar-refractivity contribution in [1.29, 1.82) is 0 Å². The molecule has 3 fully saturated rings. The third-order valence-corrected chi connectivity index (χ3v) is 9.17. The van der Waals surface area contributed by atoms with Gasteiger partial charge in [-0.25, -0.2) is 0 Å². The summed E-state index contributed by atoms with van der Waals surface area (Å²) in [6.45, 7) is 7.92. The van der Waals surface area contributed by atoms with Crippen LogP contribution in [0.2, 0.25) is 0 Å². The number of likely N-dealkylation sites (tertiary alicyclic amines) is 1. The first kappa shape index (κ1) is 27.3. The van der Waals surface area contributed by atoms with E-state index in [0.717, 1.165) is 23.1 Å². The van der Waals surface area contributed by atoms with Gasteiger partial charge in [0.25, 0.3) is 0 Å². The lowest BCUT2D eigenvalue weighted by Gasteiger charge is -2.39. The van der Waals surface area contributed by atoms with Crippen molar-refractivity contribution in [3.63, 3.8) is 0 Å². The lowest BCUT2D eigenvalue weighted by molar-refractivity contribution is -0.145. The van der Waals surface area contributed by atoms with Gasteiger partial charge in [-0.15, -0.1) is 0 Å². The fourth-order valence-electron chi connectivity index (χ4n) is 6.97. The van der Waals surface area contributed by atoms with Crippen LogP contribution in [0.5, 0.6) is 0 Å². The van der Waals surface area contributed by atoms with Crippen molar-refractivity contribution in [3.8, 4) is 0 Å². The maximum atomic E-state index is 14.3. The summed E-state index contributed by atoms with van der Waals surface area (Å²) in [4.78, 5) is 43.5. The van der Waals surface area contributed by atoms with Crippen LogP contribution in [-0.2, 0) is 25.7 Å². The zero-order chi connectivity index (χ0) is 27.9. The molecular weight excluding hydrogens is 494 g/mol. The molecule has 2 aromatic carbocycles. The number of ether oxygens (including phenoxy) is 1. The maximum Gasteiger partial charge on any atom is 0.250 e. The highest BCUT2D eigenvalue weighted by molar-refractivity contribution is 6.04. The molecule has 3 aliphatic heterocycles. The van der Waals surface area contributed by atoms with E-state index in [1.165, 1.54) is 0 Å². The summed E-state index contributed by atoms with van der Waals surface area (Å²) in [5.74, 6) is -2.37. The van der Waals surface area contributed by atoms with Gasteiger partial charge in [0.2, 0.25) is 17.7 Å². The van der Waals surface area contributed by atoms with Crippen LogP contribution in [0.4, 0.5) is 5.69 Å². The van der Waals surface area contributed by atoms with Crippen molar-refractivity contribution >= 4 is 23.4 Å². The number of anilines is 1. The molecule has 0 aromatic heterocycles. The SMILES string of the molecule is CC[C@H](C)[C@H](CO)N1C(=O)[C@@H]2[C@H](C(=O)NCc3ccccc3)[C@@H]3CCC2(O3)C1C(=O)Nc1c(C)cccc1C. The molecule has 3 heterocycles. The Morgan fingerprint density at radius 1 is 1.10 bits per heavy atom. The summed E-state index contributed by atoms with van der Waals surface area (Å²) < 4.78 is 6.54. The molecule has 0 saturated carbocycles. The molecule has 5 rings (SSSR count). The Bertz CT molecular complexity index is 1230. The number of amides is 3. The molecule has 39 heavy (non-hydrogen) atoms. The Balaban J connectivity index is 1.50. The van der Waals surface area contributed by atoms with Crippen molar-refractivity contribution in [3.05, 3.63) is 65.2 Å². The number of aliphatic hydroxyl groups excluding tert-OH is 1. The number of para-hydroxylation sites is 1. The molecule has 8 heteroatoms. The van der Waals surface area contributed by atoms with Crippen LogP contribution in [0.25, 0.3) is 0 Å². The molecule has 3 N–H and O–H groups in total. The number of hydrogen-bond donors (Lipinski definition) is 3. The third kappa shape index (κ3) is 4.53. The first-order valence-corrected chi connectivity index (χ1v) is 14.0. The Kier molecular flexibility index (Phi) is 7.53. The molecular formula is C31H39N3O5. The average Bonchev–Trinajstić information content (AvgIpc) is 3.58. The van der Waals surface area contributed by atoms with Gasteiger partial charge in [-0.05, 0) is 49.3 Å². The molecule has 2 unspecified atom stereocenters. The zero-order valence-electron chi connectivity index (χ0n) is 23.1.